The van der Waals surface area contributed by atoms with E-state index in [0.29, 0.717) is 24.6 Å². The Labute approximate surface area is 172 Å². The number of furan rings is 1. The third-order valence-electron chi connectivity index (χ3n) is 4.86. The third-order valence-corrected chi connectivity index (χ3v) is 4.86. The van der Waals surface area contributed by atoms with Crippen molar-refractivity contribution in [1.82, 2.24) is 15.5 Å². The molecule has 1 aromatic heterocycles. The van der Waals surface area contributed by atoms with E-state index in [4.69, 9.17) is 14.1 Å². The monoisotopic (exact) mass is 398 g/mol. The molecular formula is C22H30N4O3. The lowest BCUT2D eigenvalue weighted by Gasteiger charge is -2.24. The SMILES string of the molecule is CCNC(=NCc1cccc(C(=O)NCc2ccco2)c1)N(C)CC1CCOC1. The molecule has 1 aliphatic heterocycles. The van der Waals surface area contributed by atoms with Crippen molar-refractivity contribution in [1.29, 1.82) is 0 Å². The van der Waals surface area contributed by atoms with Crippen LogP contribution in [-0.4, -0.2) is 50.1 Å². The fourth-order valence-corrected chi connectivity index (χ4v) is 3.33. The molecule has 0 bridgehead atoms. The Bertz CT molecular complexity index is 798. The number of hydrogen-bond acceptors (Lipinski definition) is 4. The van der Waals surface area contributed by atoms with Crippen LogP contribution in [0.3, 0.4) is 0 Å². The van der Waals surface area contributed by atoms with Gasteiger partial charge in [-0.3, -0.25) is 4.79 Å². The van der Waals surface area contributed by atoms with Crippen molar-refractivity contribution in [2.45, 2.75) is 26.4 Å². The second-order valence-corrected chi connectivity index (χ2v) is 7.24. The maximum Gasteiger partial charge on any atom is 0.251 e. The average molecular weight is 399 g/mol. The molecule has 1 saturated heterocycles. The first kappa shape index (κ1) is 20.9. The topological polar surface area (TPSA) is 79.1 Å². The lowest BCUT2D eigenvalue weighted by Crippen LogP contribution is -2.41. The lowest BCUT2D eigenvalue weighted by molar-refractivity contribution is 0.0948. The number of hydrogen-bond donors (Lipinski definition) is 2. The number of nitrogens with one attached hydrogen (secondary N) is 2. The highest BCUT2D eigenvalue weighted by atomic mass is 16.5. The van der Waals surface area contributed by atoms with Gasteiger partial charge < -0.3 is 24.7 Å². The largest absolute Gasteiger partial charge is 0.467 e. The Hall–Kier alpha value is -2.80. The molecule has 1 atom stereocenters. The highest BCUT2D eigenvalue weighted by Gasteiger charge is 2.19. The summed E-state index contributed by atoms with van der Waals surface area (Å²) in [5.41, 5.74) is 1.61. The van der Waals surface area contributed by atoms with Crippen molar-refractivity contribution in [3.63, 3.8) is 0 Å². The van der Waals surface area contributed by atoms with Crippen LogP contribution < -0.4 is 10.6 Å². The number of rotatable bonds is 8. The smallest absolute Gasteiger partial charge is 0.251 e. The molecule has 7 nitrogen and oxygen atoms in total. The molecule has 0 spiro atoms. The van der Waals surface area contributed by atoms with E-state index >= 15 is 0 Å². The third kappa shape index (κ3) is 6.35. The number of guanidine groups is 1. The predicted molar refractivity (Wildman–Crippen MR) is 113 cm³/mol. The van der Waals surface area contributed by atoms with Gasteiger partial charge in [-0.05, 0) is 43.2 Å². The lowest BCUT2D eigenvalue weighted by atomic mass is 10.1. The normalized spacial score (nSPS) is 16.6. The Morgan fingerprint density at radius 2 is 2.17 bits per heavy atom. The van der Waals surface area contributed by atoms with Gasteiger partial charge in [-0.1, -0.05) is 12.1 Å². The highest BCUT2D eigenvalue weighted by Crippen LogP contribution is 2.14. The van der Waals surface area contributed by atoms with Crippen LogP contribution in [-0.2, 0) is 17.8 Å². The van der Waals surface area contributed by atoms with Gasteiger partial charge in [0, 0.05) is 38.2 Å². The summed E-state index contributed by atoms with van der Waals surface area (Å²) in [7, 11) is 2.05. The van der Waals surface area contributed by atoms with Crippen LogP contribution in [0.15, 0.2) is 52.1 Å². The molecule has 1 aliphatic rings. The second kappa shape index (κ2) is 10.7. The minimum Gasteiger partial charge on any atom is -0.467 e. The molecule has 1 unspecified atom stereocenters. The van der Waals surface area contributed by atoms with Crippen LogP contribution in [0.25, 0.3) is 0 Å². The molecular weight excluding hydrogens is 368 g/mol. The first-order valence-corrected chi connectivity index (χ1v) is 10.1. The minimum atomic E-state index is -0.127. The molecule has 0 saturated carbocycles. The molecule has 1 fully saturated rings. The molecule has 156 valence electrons. The van der Waals surface area contributed by atoms with Crippen LogP contribution >= 0.6 is 0 Å². The summed E-state index contributed by atoms with van der Waals surface area (Å²) in [6, 6.07) is 11.2. The highest BCUT2D eigenvalue weighted by molar-refractivity contribution is 5.94. The zero-order valence-electron chi connectivity index (χ0n) is 17.2. The van der Waals surface area contributed by atoms with E-state index in [-0.39, 0.29) is 5.91 Å². The maximum atomic E-state index is 12.4. The summed E-state index contributed by atoms with van der Waals surface area (Å²) in [6.45, 7) is 6.33. The summed E-state index contributed by atoms with van der Waals surface area (Å²) in [6.07, 6.45) is 2.69. The van der Waals surface area contributed by atoms with Crippen LogP contribution in [0.1, 0.15) is 35.0 Å². The number of amides is 1. The van der Waals surface area contributed by atoms with Crippen molar-refractivity contribution >= 4 is 11.9 Å². The van der Waals surface area contributed by atoms with Crippen molar-refractivity contribution in [3.05, 3.63) is 59.5 Å². The van der Waals surface area contributed by atoms with Gasteiger partial charge in [0.05, 0.1) is 26.0 Å². The summed E-state index contributed by atoms with van der Waals surface area (Å²) in [4.78, 5) is 19.3. The molecule has 3 rings (SSSR count). The van der Waals surface area contributed by atoms with E-state index in [1.165, 1.54) is 0 Å². The summed E-state index contributed by atoms with van der Waals surface area (Å²) in [5.74, 6) is 2.01. The molecule has 2 aromatic rings. The summed E-state index contributed by atoms with van der Waals surface area (Å²) < 4.78 is 10.7. The fourth-order valence-electron chi connectivity index (χ4n) is 3.33. The first-order valence-electron chi connectivity index (χ1n) is 10.1. The number of nitrogens with zero attached hydrogens (tertiary/aromatic N) is 2. The standard InChI is InChI=1S/C22H30N4O3/c1-3-23-22(26(2)15-18-9-11-28-16-18)25-13-17-6-4-7-19(12-17)21(27)24-14-20-8-5-10-29-20/h4-8,10,12,18H,3,9,11,13-16H2,1-2H3,(H,23,25)(H,24,27). The number of aliphatic imine (C=N–C) groups is 1. The van der Waals surface area contributed by atoms with E-state index in [0.717, 1.165) is 50.0 Å². The van der Waals surface area contributed by atoms with E-state index in [2.05, 4.69) is 29.5 Å². The molecule has 7 heteroatoms. The number of carbonyl (C=O) groups is 1. The quantitative estimate of drug-likeness (QED) is 0.528. The van der Waals surface area contributed by atoms with Crippen LogP contribution in [0, 0.1) is 5.92 Å². The van der Waals surface area contributed by atoms with Crippen molar-refractivity contribution in [3.8, 4) is 0 Å². The van der Waals surface area contributed by atoms with Crippen LogP contribution in [0.5, 0.6) is 0 Å². The Kier molecular flexibility index (Phi) is 7.69. The Balaban J connectivity index is 1.59. The molecule has 2 heterocycles. The first-order chi connectivity index (χ1) is 14.2. The molecule has 0 radical (unpaired) electrons. The minimum absolute atomic E-state index is 0.127. The van der Waals surface area contributed by atoms with Gasteiger partial charge in [0.15, 0.2) is 5.96 Å². The van der Waals surface area contributed by atoms with Gasteiger partial charge in [-0.2, -0.15) is 0 Å². The maximum absolute atomic E-state index is 12.4. The van der Waals surface area contributed by atoms with Gasteiger partial charge >= 0.3 is 0 Å². The molecule has 1 aromatic carbocycles. The van der Waals surface area contributed by atoms with Crippen molar-refractivity contribution in [2.24, 2.45) is 10.9 Å². The van der Waals surface area contributed by atoms with E-state index in [1.54, 1.807) is 12.3 Å². The summed E-state index contributed by atoms with van der Waals surface area (Å²) in [5, 5.41) is 6.22. The number of benzene rings is 1. The van der Waals surface area contributed by atoms with Gasteiger partial charge in [0.2, 0.25) is 0 Å². The molecule has 0 aliphatic carbocycles. The van der Waals surface area contributed by atoms with Crippen molar-refractivity contribution < 1.29 is 13.9 Å². The van der Waals surface area contributed by atoms with E-state index in [1.807, 2.05) is 30.3 Å². The molecule has 1 amide bonds. The zero-order chi connectivity index (χ0) is 20.5. The van der Waals surface area contributed by atoms with Gasteiger partial charge in [0.1, 0.15) is 5.76 Å². The zero-order valence-corrected chi connectivity index (χ0v) is 17.2. The second-order valence-electron chi connectivity index (χ2n) is 7.24. The molecule has 2 N–H and O–H groups in total. The van der Waals surface area contributed by atoms with Gasteiger partial charge in [-0.25, -0.2) is 4.99 Å². The van der Waals surface area contributed by atoms with Crippen LogP contribution in [0.4, 0.5) is 0 Å². The number of carbonyl (C=O) groups excluding carboxylic acids is 1. The Morgan fingerprint density at radius 1 is 1.28 bits per heavy atom. The van der Waals surface area contributed by atoms with E-state index < -0.39 is 0 Å². The average Bonchev–Trinajstić information content (AvgIpc) is 3.43. The van der Waals surface area contributed by atoms with E-state index in [9.17, 15) is 4.79 Å². The van der Waals surface area contributed by atoms with Gasteiger partial charge in [-0.15, -0.1) is 0 Å². The van der Waals surface area contributed by atoms with Gasteiger partial charge in [0.25, 0.3) is 5.91 Å². The van der Waals surface area contributed by atoms with Crippen LogP contribution in [0.2, 0.25) is 0 Å². The fraction of sp³-hybridized carbons (Fsp3) is 0.455. The number of ether oxygens (including phenoxy) is 1. The summed E-state index contributed by atoms with van der Waals surface area (Å²) >= 11 is 0. The predicted octanol–water partition coefficient (Wildman–Crippen LogP) is 2.64. The van der Waals surface area contributed by atoms with Crippen molar-refractivity contribution in [2.75, 3.05) is 33.4 Å². The molecule has 29 heavy (non-hydrogen) atoms. The Morgan fingerprint density at radius 3 is 2.90 bits per heavy atom.